The number of aliphatic hydroxyl groups is 1. The number of oxime groups is 1. The van der Waals surface area contributed by atoms with Crippen LogP contribution in [0.4, 0.5) is 0 Å². The van der Waals surface area contributed by atoms with Gasteiger partial charge in [-0.05, 0) is 44.3 Å². The third kappa shape index (κ3) is 14.0. The molecular formula is C27H49NO3S. The Kier molecular flexibility index (Phi) is 19.6. The van der Waals surface area contributed by atoms with Crippen molar-refractivity contribution in [3.05, 3.63) is 24.0 Å². The summed E-state index contributed by atoms with van der Waals surface area (Å²) in [5.41, 5.74) is 1.00. The van der Waals surface area contributed by atoms with Gasteiger partial charge in [-0.25, -0.2) is 0 Å². The fourth-order valence-electron chi connectivity index (χ4n) is 3.95. The molecule has 5 heteroatoms. The number of ketones is 1. The van der Waals surface area contributed by atoms with Crippen LogP contribution in [0.2, 0.25) is 0 Å². The Bertz CT molecular complexity index is 571. The predicted octanol–water partition coefficient (Wildman–Crippen LogP) is 8.42. The summed E-state index contributed by atoms with van der Waals surface area (Å²) in [6, 6.07) is 0. The average molecular weight is 468 g/mol. The van der Waals surface area contributed by atoms with Crippen molar-refractivity contribution in [2.75, 3.05) is 12.4 Å². The van der Waals surface area contributed by atoms with Gasteiger partial charge in [0.05, 0.1) is 11.3 Å². The van der Waals surface area contributed by atoms with E-state index in [1.54, 1.807) is 0 Å². The van der Waals surface area contributed by atoms with Crippen LogP contribution in [0.3, 0.4) is 0 Å². The molecule has 0 fully saturated rings. The van der Waals surface area contributed by atoms with Crippen molar-refractivity contribution < 1.29 is 14.7 Å². The van der Waals surface area contributed by atoms with Gasteiger partial charge in [-0.3, -0.25) is 4.79 Å². The van der Waals surface area contributed by atoms with E-state index >= 15 is 0 Å². The normalized spacial score (nSPS) is 17.6. The number of aliphatic hydroxyl groups excluding tert-OH is 1. The second-order valence-corrected chi connectivity index (χ2v) is 10.3. The van der Waals surface area contributed by atoms with E-state index in [4.69, 9.17) is 4.84 Å². The Morgan fingerprint density at radius 2 is 1.84 bits per heavy atom. The van der Waals surface area contributed by atoms with Crippen LogP contribution in [0.15, 0.2) is 29.1 Å². The van der Waals surface area contributed by atoms with Crippen molar-refractivity contribution in [3.63, 3.8) is 0 Å². The molecule has 0 saturated carbocycles. The Morgan fingerprint density at radius 3 is 2.41 bits per heavy atom. The molecule has 0 aliphatic heterocycles. The second kappa shape index (κ2) is 20.4. The van der Waals surface area contributed by atoms with E-state index in [1.807, 2.05) is 31.7 Å². The highest BCUT2D eigenvalue weighted by molar-refractivity contribution is 7.99. The molecule has 0 aromatic rings. The number of carbonyl (C=O) groups is 1. The highest BCUT2D eigenvalue weighted by Gasteiger charge is 2.31. The average Bonchev–Trinajstić information content (AvgIpc) is 2.74. The van der Waals surface area contributed by atoms with E-state index in [-0.39, 0.29) is 17.5 Å². The molecule has 0 bridgehead atoms. The molecule has 0 amide bonds. The fraction of sp³-hybridized carbons (Fsp3) is 0.778. The molecule has 1 rings (SSSR count). The van der Waals surface area contributed by atoms with Gasteiger partial charge in [0.25, 0.3) is 0 Å². The summed E-state index contributed by atoms with van der Waals surface area (Å²) < 4.78 is 0. The van der Waals surface area contributed by atoms with Crippen molar-refractivity contribution >= 4 is 23.3 Å². The van der Waals surface area contributed by atoms with Crippen LogP contribution in [-0.4, -0.2) is 34.2 Å². The molecule has 0 aromatic heterocycles. The standard InChI is InChI=1S/C17H29NO3S.C10H20/c1-5-8-14(18-21-6-2)17-15(19)10-13(11-16(17)20)9-12(4)22-7-3;1-3-5-7-9-10-8-6-4-2/h12-13,19H,5-11H2,1-4H3;3H,1,4-10H2,2H3. The lowest BCUT2D eigenvalue weighted by Crippen LogP contribution is -2.26. The zero-order valence-electron chi connectivity index (χ0n) is 21.5. The van der Waals surface area contributed by atoms with Crippen molar-refractivity contribution in [1.29, 1.82) is 0 Å². The van der Waals surface area contributed by atoms with E-state index in [2.05, 4.69) is 32.5 Å². The first-order valence-corrected chi connectivity index (χ1v) is 13.9. The highest BCUT2D eigenvalue weighted by Crippen LogP contribution is 2.32. The Hall–Kier alpha value is -1.23. The smallest absolute Gasteiger partial charge is 0.168 e. The molecule has 1 N–H and O–H groups in total. The Labute approximate surface area is 202 Å². The summed E-state index contributed by atoms with van der Waals surface area (Å²) in [4.78, 5) is 17.6. The van der Waals surface area contributed by atoms with Gasteiger partial charge >= 0.3 is 0 Å². The van der Waals surface area contributed by atoms with Crippen molar-refractivity contribution in [3.8, 4) is 0 Å². The quantitative estimate of drug-likeness (QED) is 0.107. The van der Waals surface area contributed by atoms with Crippen molar-refractivity contribution in [2.45, 2.75) is 117 Å². The topological polar surface area (TPSA) is 58.9 Å². The summed E-state index contributed by atoms with van der Waals surface area (Å²) in [6.45, 7) is 14.6. The molecule has 0 spiro atoms. The van der Waals surface area contributed by atoms with Crippen LogP contribution >= 0.6 is 11.8 Å². The zero-order chi connectivity index (χ0) is 24.2. The van der Waals surface area contributed by atoms with Gasteiger partial charge in [-0.1, -0.05) is 77.5 Å². The van der Waals surface area contributed by atoms with Crippen LogP contribution in [0.1, 0.15) is 112 Å². The van der Waals surface area contributed by atoms with Gasteiger partial charge in [0.1, 0.15) is 12.4 Å². The number of hydrogen-bond acceptors (Lipinski definition) is 5. The van der Waals surface area contributed by atoms with Gasteiger partial charge in [0.2, 0.25) is 0 Å². The minimum absolute atomic E-state index is 0.00866. The molecule has 0 heterocycles. The Morgan fingerprint density at radius 1 is 1.16 bits per heavy atom. The van der Waals surface area contributed by atoms with Gasteiger partial charge < -0.3 is 9.94 Å². The van der Waals surface area contributed by atoms with Crippen LogP contribution in [0, 0.1) is 5.92 Å². The van der Waals surface area contributed by atoms with Crippen LogP contribution in [-0.2, 0) is 9.63 Å². The molecule has 0 radical (unpaired) electrons. The number of hydrogen-bond donors (Lipinski definition) is 1. The molecule has 0 aromatic carbocycles. The number of allylic oxidation sites excluding steroid dienone is 3. The molecule has 4 nitrogen and oxygen atoms in total. The van der Waals surface area contributed by atoms with Crippen LogP contribution in [0.5, 0.6) is 0 Å². The molecule has 186 valence electrons. The summed E-state index contributed by atoms with van der Waals surface area (Å²) in [6.07, 6.45) is 15.1. The minimum atomic E-state index is 0.00866. The molecule has 32 heavy (non-hydrogen) atoms. The molecular weight excluding hydrogens is 418 g/mol. The number of nitrogens with zero attached hydrogens (tertiary/aromatic N) is 1. The van der Waals surface area contributed by atoms with E-state index in [9.17, 15) is 9.90 Å². The summed E-state index contributed by atoms with van der Waals surface area (Å²) in [7, 11) is 0. The van der Waals surface area contributed by atoms with Crippen molar-refractivity contribution in [2.24, 2.45) is 11.1 Å². The fourth-order valence-corrected chi connectivity index (χ4v) is 4.93. The maximum absolute atomic E-state index is 12.5. The second-order valence-electron chi connectivity index (χ2n) is 8.57. The molecule has 1 aliphatic rings. The molecule has 2 unspecified atom stereocenters. The molecule has 0 saturated heterocycles. The SMILES string of the molecule is C=CCCCCCCCC.CCCC(=NOCC)C1=C(O)CC(CC(C)SCC)CC1=O. The molecule has 2 atom stereocenters. The van der Waals surface area contributed by atoms with E-state index in [1.165, 1.54) is 44.9 Å². The van der Waals surface area contributed by atoms with E-state index < -0.39 is 0 Å². The van der Waals surface area contributed by atoms with Crippen LogP contribution in [0.25, 0.3) is 0 Å². The van der Waals surface area contributed by atoms with Gasteiger partial charge in [-0.2, -0.15) is 11.8 Å². The third-order valence-corrected chi connectivity index (χ3v) is 6.58. The van der Waals surface area contributed by atoms with Gasteiger partial charge in [-0.15, -0.1) is 6.58 Å². The summed E-state index contributed by atoms with van der Waals surface area (Å²) in [5.74, 6) is 1.52. The third-order valence-electron chi connectivity index (χ3n) is 5.48. The Balaban J connectivity index is 0.000000809. The predicted molar refractivity (Wildman–Crippen MR) is 142 cm³/mol. The minimum Gasteiger partial charge on any atom is -0.511 e. The lowest BCUT2D eigenvalue weighted by Gasteiger charge is -2.25. The number of unbranched alkanes of at least 4 members (excludes halogenated alkanes) is 6. The number of rotatable bonds is 16. The maximum atomic E-state index is 12.5. The van der Waals surface area contributed by atoms with E-state index in [0.717, 1.165) is 18.6 Å². The summed E-state index contributed by atoms with van der Waals surface area (Å²) >= 11 is 1.90. The zero-order valence-corrected chi connectivity index (χ0v) is 22.3. The number of carbonyl (C=O) groups excluding carboxylic acids is 1. The van der Waals surface area contributed by atoms with Gasteiger partial charge in [0, 0.05) is 18.1 Å². The molecule has 1 aliphatic carbocycles. The van der Waals surface area contributed by atoms with Crippen molar-refractivity contribution in [1.82, 2.24) is 0 Å². The van der Waals surface area contributed by atoms with Crippen LogP contribution < -0.4 is 0 Å². The number of Topliss-reactive ketones (excluding diaryl/α,β-unsaturated/α-hetero) is 1. The highest BCUT2D eigenvalue weighted by atomic mass is 32.2. The number of thioether (sulfide) groups is 1. The first-order chi connectivity index (χ1) is 15.4. The largest absolute Gasteiger partial charge is 0.511 e. The lowest BCUT2D eigenvalue weighted by atomic mass is 9.82. The summed E-state index contributed by atoms with van der Waals surface area (Å²) in [5, 5.41) is 14.9. The first kappa shape index (κ1) is 30.8. The lowest BCUT2D eigenvalue weighted by molar-refractivity contribution is -0.116. The van der Waals surface area contributed by atoms with E-state index in [0.29, 0.717) is 42.4 Å². The van der Waals surface area contributed by atoms with Gasteiger partial charge in [0.15, 0.2) is 5.78 Å². The monoisotopic (exact) mass is 467 g/mol. The maximum Gasteiger partial charge on any atom is 0.168 e. The first-order valence-electron chi connectivity index (χ1n) is 12.8.